The fraction of sp³-hybridized carbons (Fsp3) is 0.500. The van der Waals surface area contributed by atoms with E-state index in [0.29, 0.717) is 28.9 Å². The molecule has 0 radical (unpaired) electrons. The quantitative estimate of drug-likeness (QED) is 0.466. The van der Waals surface area contributed by atoms with E-state index in [1.807, 2.05) is 24.7 Å². The highest BCUT2D eigenvalue weighted by Crippen LogP contribution is 2.27. The molecular weight excluding hydrogens is 376 g/mol. The lowest BCUT2D eigenvalue weighted by Crippen LogP contribution is -2.30. The molecule has 2 rings (SSSR count). The number of hydrogen-bond donors (Lipinski definition) is 0. The first kappa shape index (κ1) is 21.8. The molecule has 0 unspecified atom stereocenters. The van der Waals surface area contributed by atoms with Gasteiger partial charge in [-0.25, -0.2) is 9.78 Å². The van der Waals surface area contributed by atoms with Gasteiger partial charge in [0.15, 0.2) is 5.13 Å². The van der Waals surface area contributed by atoms with Crippen molar-refractivity contribution in [3.05, 3.63) is 34.1 Å². The van der Waals surface area contributed by atoms with Crippen LogP contribution in [0.5, 0.6) is 0 Å². The largest absolute Gasteiger partial charge is 0.462 e. The zero-order chi connectivity index (χ0) is 20.7. The zero-order valence-corrected chi connectivity index (χ0v) is 18.0. The molecule has 0 aromatic carbocycles. The summed E-state index contributed by atoms with van der Waals surface area (Å²) in [7, 11) is 0. The van der Waals surface area contributed by atoms with Gasteiger partial charge in [0.05, 0.1) is 18.0 Å². The first-order chi connectivity index (χ1) is 13.4. The number of carbonyl (C=O) groups excluding carboxylic acids is 2. The lowest BCUT2D eigenvalue weighted by atomic mass is 10.2. The molecule has 0 aliphatic carbocycles. The third kappa shape index (κ3) is 5.28. The van der Waals surface area contributed by atoms with Crippen LogP contribution in [0, 0.1) is 13.8 Å². The molecule has 2 aromatic heterocycles. The number of ether oxygens (including phenoxy) is 1. The number of anilines is 1. The highest BCUT2D eigenvalue weighted by molar-refractivity contribution is 7.17. The molecule has 0 saturated carbocycles. The molecule has 152 valence electrons. The minimum Gasteiger partial charge on any atom is -0.462 e. The normalized spacial score (nSPS) is 11.2. The number of aryl methyl sites for hydroxylation is 3. The van der Waals surface area contributed by atoms with Gasteiger partial charge in [0, 0.05) is 30.9 Å². The molecule has 0 spiro atoms. The molecule has 0 aliphatic heterocycles. The molecule has 0 atom stereocenters. The number of carbonyl (C=O) groups is 2. The summed E-state index contributed by atoms with van der Waals surface area (Å²) in [5.41, 5.74) is 2.37. The Labute approximate surface area is 170 Å². The van der Waals surface area contributed by atoms with Crippen molar-refractivity contribution in [2.24, 2.45) is 0 Å². The summed E-state index contributed by atoms with van der Waals surface area (Å²) in [5, 5.41) is 4.91. The van der Waals surface area contributed by atoms with Gasteiger partial charge in [-0.2, -0.15) is 5.10 Å². The van der Waals surface area contributed by atoms with E-state index in [-0.39, 0.29) is 5.91 Å². The van der Waals surface area contributed by atoms with Gasteiger partial charge in [-0.1, -0.05) is 24.7 Å². The lowest BCUT2D eigenvalue weighted by Gasteiger charge is -2.17. The first-order valence-electron chi connectivity index (χ1n) is 9.59. The van der Waals surface area contributed by atoms with Crippen molar-refractivity contribution in [1.82, 2.24) is 14.8 Å². The Balaban J connectivity index is 2.26. The number of esters is 1. The van der Waals surface area contributed by atoms with Crippen LogP contribution in [-0.4, -0.2) is 39.8 Å². The second-order valence-electron chi connectivity index (χ2n) is 6.33. The average molecular weight is 405 g/mol. The van der Waals surface area contributed by atoms with Crippen LogP contribution in [0.15, 0.2) is 12.3 Å². The van der Waals surface area contributed by atoms with Crippen LogP contribution in [0.2, 0.25) is 0 Å². The smallest absolute Gasteiger partial charge is 0.350 e. The third-order valence-corrected chi connectivity index (χ3v) is 5.35. The standard InChI is InChI=1S/C20H28N4O3S/c1-6-9-12-24(20-21-15(5)18(28-20)19(26)27-8-3)17(25)11-10-16-13-23(7-2)22-14(16)4/h10-11,13H,6-9,12H2,1-5H3. The second kappa shape index (κ2) is 10.2. The molecule has 8 heteroatoms. The number of amides is 1. The van der Waals surface area contributed by atoms with Gasteiger partial charge in [0.2, 0.25) is 0 Å². The average Bonchev–Trinajstić information content (AvgIpc) is 3.23. The van der Waals surface area contributed by atoms with E-state index in [4.69, 9.17) is 4.74 Å². The molecule has 28 heavy (non-hydrogen) atoms. The Morgan fingerprint density at radius 3 is 2.61 bits per heavy atom. The maximum atomic E-state index is 12.9. The SMILES string of the molecule is CCCCN(C(=O)C=Cc1cn(CC)nc1C)c1nc(C)c(C(=O)OCC)s1. The molecule has 0 bridgehead atoms. The van der Waals surface area contributed by atoms with Crippen LogP contribution < -0.4 is 4.90 Å². The van der Waals surface area contributed by atoms with Crippen LogP contribution in [0.25, 0.3) is 6.08 Å². The number of rotatable bonds is 9. The van der Waals surface area contributed by atoms with E-state index >= 15 is 0 Å². The van der Waals surface area contributed by atoms with Crippen LogP contribution in [-0.2, 0) is 16.1 Å². The topological polar surface area (TPSA) is 77.3 Å². The van der Waals surface area contributed by atoms with Crippen LogP contribution in [0.3, 0.4) is 0 Å². The molecule has 0 aliphatic rings. The van der Waals surface area contributed by atoms with E-state index < -0.39 is 5.97 Å². The zero-order valence-electron chi connectivity index (χ0n) is 17.2. The molecular formula is C20H28N4O3S. The van der Waals surface area contributed by atoms with E-state index in [9.17, 15) is 9.59 Å². The molecule has 0 N–H and O–H groups in total. The van der Waals surface area contributed by atoms with Gasteiger partial charge < -0.3 is 4.74 Å². The molecule has 1 amide bonds. The van der Waals surface area contributed by atoms with Crippen LogP contribution in [0.4, 0.5) is 5.13 Å². The summed E-state index contributed by atoms with van der Waals surface area (Å²) in [6, 6.07) is 0. The summed E-state index contributed by atoms with van der Waals surface area (Å²) in [5.74, 6) is -0.564. The Bertz CT molecular complexity index is 854. The highest BCUT2D eigenvalue weighted by atomic mass is 32.1. The maximum Gasteiger partial charge on any atom is 0.350 e. The van der Waals surface area contributed by atoms with Crippen LogP contribution in [0.1, 0.15) is 60.2 Å². The van der Waals surface area contributed by atoms with Crippen molar-refractivity contribution in [1.29, 1.82) is 0 Å². The van der Waals surface area contributed by atoms with E-state index in [1.54, 1.807) is 30.9 Å². The van der Waals surface area contributed by atoms with E-state index in [0.717, 1.165) is 30.6 Å². The molecule has 2 heterocycles. The lowest BCUT2D eigenvalue weighted by molar-refractivity contribution is -0.114. The summed E-state index contributed by atoms with van der Waals surface area (Å²) in [4.78, 5) is 31.5. The van der Waals surface area contributed by atoms with Gasteiger partial charge in [-0.05, 0) is 40.2 Å². The van der Waals surface area contributed by atoms with Crippen LogP contribution >= 0.6 is 11.3 Å². The Morgan fingerprint density at radius 2 is 2.00 bits per heavy atom. The summed E-state index contributed by atoms with van der Waals surface area (Å²) in [6.45, 7) is 11.1. The van der Waals surface area contributed by atoms with Crippen molar-refractivity contribution in [2.45, 2.75) is 54.0 Å². The predicted molar refractivity (Wildman–Crippen MR) is 112 cm³/mol. The Kier molecular flexibility index (Phi) is 7.92. The van der Waals surface area contributed by atoms with Gasteiger partial charge in [-0.15, -0.1) is 0 Å². The second-order valence-corrected chi connectivity index (χ2v) is 7.31. The number of nitrogens with zero attached hydrogens (tertiary/aromatic N) is 4. The van der Waals surface area contributed by atoms with Crippen molar-refractivity contribution < 1.29 is 14.3 Å². The Morgan fingerprint density at radius 1 is 1.25 bits per heavy atom. The Hall–Kier alpha value is -2.48. The van der Waals surface area contributed by atoms with E-state index in [2.05, 4.69) is 17.0 Å². The van der Waals surface area contributed by atoms with Gasteiger partial charge in [-0.3, -0.25) is 14.4 Å². The number of hydrogen-bond acceptors (Lipinski definition) is 6. The minimum absolute atomic E-state index is 0.166. The fourth-order valence-corrected chi connectivity index (χ4v) is 3.60. The summed E-state index contributed by atoms with van der Waals surface area (Å²) < 4.78 is 6.92. The number of aromatic nitrogens is 3. The third-order valence-electron chi connectivity index (χ3n) is 4.19. The minimum atomic E-state index is -0.398. The molecule has 0 saturated heterocycles. The van der Waals surface area contributed by atoms with Gasteiger partial charge in [0.1, 0.15) is 4.88 Å². The molecule has 0 fully saturated rings. The summed E-state index contributed by atoms with van der Waals surface area (Å²) in [6.07, 6.45) is 7.04. The number of thiazole rings is 1. The van der Waals surface area contributed by atoms with E-state index in [1.165, 1.54) is 11.3 Å². The predicted octanol–water partition coefficient (Wildman–Crippen LogP) is 4.00. The highest BCUT2D eigenvalue weighted by Gasteiger charge is 2.22. The van der Waals surface area contributed by atoms with Crippen molar-refractivity contribution in [2.75, 3.05) is 18.1 Å². The van der Waals surface area contributed by atoms with Gasteiger partial charge >= 0.3 is 5.97 Å². The maximum absolute atomic E-state index is 12.9. The first-order valence-corrected chi connectivity index (χ1v) is 10.4. The monoisotopic (exact) mass is 404 g/mol. The molecule has 7 nitrogen and oxygen atoms in total. The fourth-order valence-electron chi connectivity index (χ4n) is 2.61. The van der Waals surface area contributed by atoms with Crippen molar-refractivity contribution >= 4 is 34.4 Å². The summed E-state index contributed by atoms with van der Waals surface area (Å²) >= 11 is 1.20. The number of unbranched alkanes of at least 4 members (excludes halogenated alkanes) is 1. The van der Waals surface area contributed by atoms with Crippen molar-refractivity contribution in [3.8, 4) is 0 Å². The van der Waals surface area contributed by atoms with Crippen molar-refractivity contribution in [3.63, 3.8) is 0 Å². The molecule has 2 aromatic rings. The van der Waals surface area contributed by atoms with Gasteiger partial charge in [0.25, 0.3) is 5.91 Å².